The number of allylic oxidation sites excluding steroid dienone is 3. The van der Waals surface area contributed by atoms with Gasteiger partial charge in [0, 0.05) is 25.6 Å². The van der Waals surface area contributed by atoms with Crippen LogP contribution >= 0.6 is 0 Å². The predicted molar refractivity (Wildman–Crippen MR) is 135 cm³/mol. The normalized spacial score (nSPS) is 41.7. The van der Waals surface area contributed by atoms with Crippen molar-refractivity contribution in [2.75, 3.05) is 26.3 Å². The summed E-state index contributed by atoms with van der Waals surface area (Å²) in [6, 6.07) is 0.550. The van der Waals surface area contributed by atoms with Crippen molar-refractivity contribution in [1.29, 1.82) is 0 Å². The third-order valence-electron chi connectivity index (χ3n) is 9.56. The van der Waals surface area contributed by atoms with Crippen molar-refractivity contribution < 1.29 is 14.9 Å². The average molecular weight is 458 g/mol. The molecule has 4 fully saturated rings. The average Bonchev–Trinajstić information content (AvgIpc) is 3.13. The Morgan fingerprint density at radius 2 is 2.00 bits per heavy atom. The van der Waals surface area contributed by atoms with Gasteiger partial charge in [0.25, 0.3) is 0 Å². The van der Waals surface area contributed by atoms with E-state index in [1.807, 2.05) is 0 Å². The van der Waals surface area contributed by atoms with E-state index in [-0.39, 0.29) is 0 Å². The summed E-state index contributed by atoms with van der Waals surface area (Å²) in [5.41, 5.74) is 3.78. The van der Waals surface area contributed by atoms with E-state index in [1.54, 1.807) is 5.57 Å². The summed E-state index contributed by atoms with van der Waals surface area (Å²) in [6.07, 6.45) is 10.8. The minimum Gasteiger partial charge on any atom is -0.393 e. The van der Waals surface area contributed by atoms with Crippen molar-refractivity contribution in [3.63, 3.8) is 0 Å². The van der Waals surface area contributed by atoms with Crippen LogP contribution in [-0.4, -0.2) is 59.7 Å². The fourth-order valence-electron chi connectivity index (χ4n) is 7.67. The van der Waals surface area contributed by atoms with E-state index >= 15 is 0 Å². The van der Waals surface area contributed by atoms with Gasteiger partial charge in [-0.25, -0.2) is 0 Å². The molecular formula is C29H47NO3. The maximum Gasteiger partial charge on any atom is 0.0811 e. The zero-order valence-electron chi connectivity index (χ0n) is 21.4. The zero-order valence-corrected chi connectivity index (χ0v) is 21.4. The van der Waals surface area contributed by atoms with E-state index in [0.717, 1.165) is 36.8 Å². The molecule has 186 valence electrons. The van der Waals surface area contributed by atoms with E-state index in [9.17, 15) is 10.2 Å². The molecule has 0 bridgehead atoms. The maximum atomic E-state index is 10.2. The molecule has 7 atom stereocenters. The molecule has 0 aromatic carbocycles. The van der Waals surface area contributed by atoms with E-state index in [4.69, 9.17) is 4.74 Å². The molecule has 0 aromatic rings. The molecule has 0 radical (unpaired) electrons. The lowest BCUT2D eigenvalue weighted by molar-refractivity contribution is -0.0389. The monoisotopic (exact) mass is 457 g/mol. The van der Waals surface area contributed by atoms with Crippen molar-refractivity contribution >= 4 is 0 Å². The smallest absolute Gasteiger partial charge is 0.0811 e. The van der Waals surface area contributed by atoms with Crippen LogP contribution in [0.25, 0.3) is 0 Å². The molecule has 3 aliphatic carbocycles. The van der Waals surface area contributed by atoms with Gasteiger partial charge in [0.05, 0.1) is 25.4 Å². The van der Waals surface area contributed by atoms with Gasteiger partial charge in [-0.15, -0.1) is 0 Å². The van der Waals surface area contributed by atoms with Gasteiger partial charge in [-0.05, 0) is 78.8 Å². The molecular weight excluding hydrogens is 410 g/mol. The number of aliphatic hydroxyl groups is 2. The fraction of sp³-hybridized carbons (Fsp3) is 0.793. The summed E-state index contributed by atoms with van der Waals surface area (Å²) in [4.78, 5) is 2.71. The Morgan fingerprint density at radius 3 is 2.76 bits per heavy atom. The Balaban J connectivity index is 1.47. The van der Waals surface area contributed by atoms with E-state index in [2.05, 4.69) is 51.3 Å². The summed E-state index contributed by atoms with van der Waals surface area (Å²) in [5.74, 6) is 2.75. The lowest BCUT2D eigenvalue weighted by Crippen LogP contribution is -2.51. The Kier molecular flexibility index (Phi) is 7.90. The molecule has 1 unspecified atom stereocenters. The van der Waals surface area contributed by atoms with Gasteiger partial charge in [-0.3, -0.25) is 4.90 Å². The molecule has 1 aliphatic heterocycles. The minimum atomic E-state index is -0.610. The van der Waals surface area contributed by atoms with Crippen LogP contribution in [0.5, 0.6) is 0 Å². The van der Waals surface area contributed by atoms with Gasteiger partial charge in [-0.1, -0.05) is 52.0 Å². The second-order valence-corrected chi connectivity index (χ2v) is 12.0. The quantitative estimate of drug-likeness (QED) is 0.602. The molecule has 2 N–H and O–H groups in total. The van der Waals surface area contributed by atoms with Crippen molar-refractivity contribution in [3.05, 3.63) is 35.5 Å². The molecule has 1 saturated heterocycles. The lowest BCUT2D eigenvalue weighted by Gasteiger charge is -2.46. The summed E-state index contributed by atoms with van der Waals surface area (Å²) in [6.45, 7) is 17.8. The Bertz CT molecular complexity index is 771. The number of nitrogens with zero attached hydrogens (tertiary/aromatic N) is 1. The fourth-order valence-corrected chi connectivity index (χ4v) is 7.67. The number of ether oxygens (including phenoxy) is 1. The summed E-state index contributed by atoms with van der Waals surface area (Å²) in [7, 11) is 0. The first-order valence-corrected chi connectivity index (χ1v) is 13.5. The summed E-state index contributed by atoms with van der Waals surface area (Å²) < 4.78 is 5.81. The number of fused-ring (bicyclic) bond motifs is 1. The van der Waals surface area contributed by atoms with Crippen LogP contribution in [0.4, 0.5) is 0 Å². The van der Waals surface area contributed by atoms with Gasteiger partial charge in [-0.2, -0.15) is 0 Å². The molecule has 0 spiro atoms. The summed E-state index contributed by atoms with van der Waals surface area (Å²) in [5, 5.41) is 20.3. The second kappa shape index (κ2) is 10.4. The van der Waals surface area contributed by atoms with E-state index < -0.39 is 12.2 Å². The zero-order chi connectivity index (χ0) is 23.8. The number of hydrogen-bond donors (Lipinski definition) is 2. The van der Waals surface area contributed by atoms with Gasteiger partial charge in [0.1, 0.15) is 0 Å². The first-order valence-electron chi connectivity index (χ1n) is 13.5. The largest absolute Gasteiger partial charge is 0.393 e. The van der Waals surface area contributed by atoms with Crippen LogP contribution in [0.15, 0.2) is 35.5 Å². The third kappa shape index (κ3) is 5.19. The van der Waals surface area contributed by atoms with Crippen LogP contribution < -0.4 is 0 Å². The van der Waals surface area contributed by atoms with Gasteiger partial charge >= 0.3 is 0 Å². The minimum absolute atomic E-state index is 0.379. The second-order valence-electron chi connectivity index (χ2n) is 12.0. The number of rotatable bonds is 5. The van der Waals surface area contributed by atoms with Crippen molar-refractivity contribution in [1.82, 2.24) is 4.90 Å². The van der Waals surface area contributed by atoms with Crippen LogP contribution in [0.2, 0.25) is 0 Å². The molecule has 4 heteroatoms. The molecule has 4 aliphatic rings. The van der Waals surface area contributed by atoms with E-state index in [0.29, 0.717) is 42.1 Å². The Labute approximate surface area is 201 Å². The predicted octanol–water partition coefficient (Wildman–Crippen LogP) is 5.12. The van der Waals surface area contributed by atoms with Gasteiger partial charge < -0.3 is 14.9 Å². The summed E-state index contributed by atoms with van der Waals surface area (Å²) >= 11 is 0. The highest BCUT2D eigenvalue weighted by Crippen LogP contribution is 2.59. The standard InChI is InChI=1S/C29H47NO3/c1-19(2)27-18-33-14-13-30(27)17-20(3)25-10-11-26-22(7-6-12-29(25,26)5)8-9-23-15-24(31)16-28(32)21(23)4/h8-9,19-20,24-28,31-32H,4,6-7,10-18H2,1-3,5H3/b22-8+,23-9-/t20?,24-,25-,26+,27-,28+,29-/m1/s1. The number of hydrogen-bond acceptors (Lipinski definition) is 4. The van der Waals surface area contributed by atoms with Gasteiger partial charge in [0.2, 0.25) is 0 Å². The number of aliphatic hydroxyl groups excluding tert-OH is 2. The maximum absolute atomic E-state index is 10.2. The topological polar surface area (TPSA) is 52.9 Å². The molecule has 33 heavy (non-hydrogen) atoms. The highest BCUT2D eigenvalue weighted by Gasteiger charge is 2.51. The Hall–Kier alpha value is -0.940. The highest BCUT2D eigenvalue weighted by atomic mass is 16.5. The van der Waals surface area contributed by atoms with Crippen LogP contribution in [0, 0.1) is 29.1 Å². The molecule has 4 rings (SSSR count). The van der Waals surface area contributed by atoms with Crippen LogP contribution in [-0.2, 0) is 4.74 Å². The molecule has 4 nitrogen and oxygen atoms in total. The van der Waals surface area contributed by atoms with E-state index in [1.165, 1.54) is 38.6 Å². The van der Waals surface area contributed by atoms with Crippen molar-refractivity contribution in [3.8, 4) is 0 Å². The first-order chi connectivity index (χ1) is 15.7. The molecule has 1 heterocycles. The third-order valence-corrected chi connectivity index (χ3v) is 9.56. The molecule has 3 saturated carbocycles. The SMILES string of the molecule is C=C1/C(=C\C=C2/CCC[C@]3(C)[C@@H](C(C)CN4CCOC[C@@H]4C(C)C)CC[C@@H]23)C[C@@H](O)C[C@@H]1O. The van der Waals surface area contributed by atoms with Crippen molar-refractivity contribution in [2.24, 2.45) is 29.1 Å². The van der Waals surface area contributed by atoms with Gasteiger partial charge in [0.15, 0.2) is 0 Å². The van der Waals surface area contributed by atoms with Crippen LogP contribution in [0.3, 0.4) is 0 Å². The molecule has 0 aromatic heterocycles. The van der Waals surface area contributed by atoms with Crippen LogP contribution in [0.1, 0.15) is 72.6 Å². The lowest BCUT2D eigenvalue weighted by atomic mass is 9.61. The highest BCUT2D eigenvalue weighted by molar-refractivity contribution is 5.38. The Morgan fingerprint density at radius 1 is 1.21 bits per heavy atom. The molecule has 0 amide bonds. The first kappa shape index (κ1) is 25.2. The number of morpholine rings is 1. The van der Waals surface area contributed by atoms with Crippen molar-refractivity contribution in [2.45, 2.75) is 90.9 Å².